The summed E-state index contributed by atoms with van der Waals surface area (Å²) in [6, 6.07) is 10.4. The lowest BCUT2D eigenvalue weighted by Gasteiger charge is -2.18. The highest BCUT2D eigenvalue weighted by Gasteiger charge is 2.31. The first-order valence-corrected chi connectivity index (χ1v) is 10.7. The van der Waals surface area contributed by atoms with E-state index in [0.717, 1.165) is 24.3 Å². The lowest BCUT2D eigenvalue weighted by molar-refractivity contribution is -0.120. The van der Waals surface area contributed by atoms with Gasteiger partial charge in [0.25, 0.3) is 5.92 Å². The quantitative estimate of drug-likeness (QED) is 0.368. The summed E-state index contributed by atoms with van der Waals surface area (Å²) in [5.74, 6) is -4.27. The van der Waals surface area contributed by atoms with Crippen LogP contribution in [0.3, 0.4) is 0 Å². The zero-order chi connectivity index (χ0) is 25.5. The normalized spacial score (nSPS) is 11.1. The van der Waals surface area contributed by atoms with Crippen molar-refractivity contribution < 1.29 is 18.0 Å². The Morgan fingerprint density at radius 1 is 1.11 bits per heavy atom. The molecule has 0 aliphatic heterocycles. The van der Waals surface area contributed by atoms with Crippen molar-refractivity contribution in [2.75, 3.05) is 11.9 Å². The van der Waals surface area contributed by atoms with Gasteiger partial charge in [0.1, 0.15) is 30.4 Å². The predicted molar refractivity (Wildman–Crippen MR) is 122 cm³/mol. The van der Waals surface area contributed by atoms with Crippen molar-refractivity contribution in [2.45, 2.75) is 18.9 Å². The maximum absolute atomic E-state index is 14.5. The first kappa shape index (κ1) is 24.3. The third kappa shape index (κ3) is 5.82. The molecule has 36 heavy (non-hydrogen) atoms. The van der Waals surface area contributed by atoms with Crippen LogP contribution in [0.4, 0.5) is 19.0 Å². The standard InChI is InChI=1S/C24H19F3N8O/c25-19-4-2-18(3-5-19)24(26,27)13-32-22-6-1-16(10-28)20(34-22)9-23(36)31-12-17-11-29-8-7-21(17)35-15-30-14-33-35/h1-8,11,14-15H,9,12-13H2,(H,31,36)(H,32,34). The number of hydrogen-bond donors (Lipinski definition) is 2. The molecule has 0 aliphatic rings. The zero-order valence-corrected chi connectivity index (χ0v) is 18.7. The Bertz CT molecular complexity index is 1390. The van der Waals surface area contributed by atoms with E-state index in [2.05, 4.69) is 30.7 Å². The van der Waals surface area contributed by atoms with Crippen LogP contribution >= 0.6 is 0 Å². The summed E-state index contributed by atoms with van der Waals surface area (Å²) < 4.78 is 43.5. The van der Waals surface area contributed by atoms with Crippen LogP contribution in [0.5, 0.6) is 0 Å². The van der Waals surface area contributed by atoms with Gasteiger partial charge in [0, 0.05) is 30.1 Å². The molecule has 9 nitrogen and oxygen atoms in total. The Labute approximate surface area is 203 Å². The fraction of sp³-hybridized carbons (Fsp3) is 0.167. The van der Waals surface area contributed by atoms with Crippen molar-refractivity contribution in [2.24, 2.45) is 0 Å². The fourth-order valence-electron chi connectivity index (χ4n) is 3.35. The Hall–Kier alpha value is -4.79. The summed E-state index contributed by atoms with van der Waals surface area (Å²) in [5.41, 5.74) is 1.29. The van der Waals surface area contributed by atoms with Gasteiger partial charge in [0.05, 0.1) is 29.9 Å². The second-order valence-corrected chi connectivity index (χ2v) is 7.67. The molecule has 12 heteroatoms. The lowest BCUT2D eigenvalue weighted by Crippen LogP contribution is -2.27. The molecule has 4 rings (SSSR count). The van der Waals surface area contributed by atoms with E-state index < -0.39 is 24.2 Å². The zero-order valence-electron chi connectivity index (χ0n) is 18.7. The van der Waals surface area contributed by atoms with Crippen LogP contribution in [0.15, 0.2) is 67.5 Å². The van der Waals surface area contributed by atoms with E-state index >= 15 is 0 Å². The molecule has 4 aromatic rings. The first-order chi connectivity index (χ1) is 17.4. The number of alkyl halides is 2. The average Bonchev–Trinajstić information content (AvgIpc) is 3.42. The van der Waals surface area contributed by atoms with Gasteiger partial charge in [-0.2, -0.15) is 19.1 Å². The third-order valence-corrected chi connectivity index (χ3v) is 5.20. The minimum absolute atomic E-state index is 0.0688. The van der Waals surface area contributed by atoms with Gasteiger partial charge in [-0.15, -0.1) is 0 Å². The van der Waals surface area contributed by atoms with Crippen molar-refractivity contribution >= 4 is 11.7 Å². The number of nitrogens with one attached hydrogen (secondary N) is 2. The van der Waals surface area contributed by atoms with Gasteiger partial charge in [-0.05, 0) is 30.3 Å². The van der Waals surface area contributed by atoms with Gasteiger partial charge in [-0.1, -0.05) is 12.1 Å². The SMILES string of the molecule is N#Cc1ccc(NCC(F)(F)c2ccc(F)cc2)nc1CC(=O)NCc1cnccc1-n1cncn1. The molecule has 182 valence electrons. The van der Waals surface area contributed by atoms with Crippen LogP contribution in [0.25, 0.3) is 5.69 Å². The van der Waals surface area contributed by atoms with Crippen LogP contribution in [0.2, 0.25) is 0 Å². The number of nitrogens with zero attached hydrogens (tertiary/aromatic N) is 6. The Morgan fingerprint density at radius 2 is 1.92 bits per heavy atom. The maximum atomic E-state index is 14.5. The average molecular weight is 492 g/mol. The molecule has 0 radical (unpaired) electrons. The number of benzene rings is 1. The number of anilines is 1. The van der Waals surface area contributed by atoms with E-state index in [1.807, 2.05) is 6.07 Å². The van der Waals surface area contributed by atoms with Crippen LogP contribution in [-0.2, 0) is 23.7 Å². The minimum atomic E-state index is -3.30. The van der Waals surface area contributed by atoms with Crippen molar-refractivity contribution in [3.63, 3.8) is 0 Å². The molecule has 0 fully saturated rings. The minimum Gasteiger partial charge on any atom is -0.364 e. The van der Waals surface area contributed by atoms with E-state index in [1.165, 1.54) is 29.5 Å². The number of carbonyl (C=O) groups is 1. The van der Waals surface area contributed by atoms with Gasteiger partial charge in [-0.25, -0.2) is 19.0 Å². The molecule has 0 atom stereocenters. The van der Waals surface area contributed by atoms with Crippen LogP contribution in [-0.4, -0.2) is 37.2 Å². The number of amides is 1. The monoisotopic (exact) mass is 492 g/mol. The molecule has 1 aromatic carbocycles. The number of halogens is 3. The van der Waals surface area contributed by atoms with Crippen molar-refractivity contribution in [3.8, 4) is 11.8 Å². The smallest absolute Gasteiger partial charge is 0.290 e. The number of hydrogen-bond acceptors (Lipinski definition) is 7. The summed E-state index contributed by atoms with van der Waals surface area (Å²) in [5, 5.41) is 18.7. The maximum Gasteiger partial charge on any atom is 0.290 e. The van der Waals surface area contributed by atoms with Crippen molar-refractivity contribution in [3.05, 3.63) is 95.7 Å². The molecule has 0 aliphatic carbocycles. The van der Waals surface area contributed by atoms with Crippen molar-refractivity contribution in [1.29, 1.82) is 5.26 Å². The molecule has 0 spiro atoms. The molecule has 3 aromatic heterocycles. The summed E-state index contributed by atoms with van der Waals surface area (Å²) in [6.45, 7) is -0.680. The van der Waals surface area contributed by atoms with E-state index in [4.69, 9.17) is 0 Å². The molecule has 3 heterocycles. The highest BCUT2D eigenvalue weighted by atomic mass is 19.3. The number of pyridine rings is 2. The lowest BCUT2D eigenvalue weighted by atomic mass is 10.1. The van der Waals surface area contributed by atoms with E-state index in [-0.39, 0.29) is 35.6 Å². The highest BCUT2D eigenvalue weighted by Crippen LogP contribution is 2.28. The van der Waals surface area contributed by atoms with Crippen LogP contribution in [0.1, 0.15) is 22.4 Å². The first-order valence-electron chi connectivity index (χ1n) is 10.7. The van der Waals surface area contributed by atoms with Gasteiger partial charge < -0.3 is 10.6 Å². The largest absolute Gasteiger partial charge is 0.364 e. The number of rotatable bonds is 9. The van der Waals surface area contributed by atoms with Gasteiger partial charge >= 0.3 is 0 Å². The predicted octanol–water partition coefficient (Wildman–Crippen LogP) is 3.13. The Kier molecular flexibility index (Phi) is 7.20. The molecule has 0 bridgehead atoms. The number of nitriles is 1. The molecule has 2 N–H and O–H groups in total. The molecule has 0 unspecified atom stereocenters. The second-order valence-electron chi connectivity index (χ2n) is 7.67. The molecule has 0 saturated heterocycles. The molecular weight excluding hydrogens is 473 g/mol. The van der Waals surface area contributed by atoms with Crippen molar-refractivity contribution in [1.82, 2.24) is 30.0 Å². The molecule has 0 saturated carbocycles. The topological polar surface area (TPSA) is 121 Å². The molecular formula is C24H19F3N8O. The third-order valence-electron chi connectivity index (χ3n) is 5.20. The van der Waals surface area contributed by atoms with E-state index in [9.17, 15) is 23.2 Å². The molecule has 1 amide bonds. The summed E-state index contributed by atoms with van der Waals surface area (Å²) >= 11 is 0. The summed E-state index contributed by atoms with van der Waals surface area (Å²) in [7, 11) is 0. The Morgan fingerprint density at radius 3 is 2.64 bits per heavy atom. The fourth-order valence-corrected chi connectivity index (χ4v) is 3.35. The second kappa shape index (κ2) is 10.6. The summed E-state index contributed by atoms with van der Waals surface area (Å²) in [6.07, 6.45) is 5.83. The Balaban J connectivity index is 1.41. The van der Waals surface area contributed by atoms with E-state index in [0.29, 0.717) is 11.3 Å². The van der Waals surface area contributed by atoms with Gasteiger partial charge in [0.15, 0.2) is 0 Å². The van der Waals surface area contributed by atoms with E-state index in [1.54, 1.807) is 18.5 Å². The van der Waals surface area contributed by atoms with Crippen LogP contribution < -0.4 is 10.6 Å². The summed E-state index contributed by atoms with van der Waals surface area (Å²) in [4.78, 5) is 24.8. The van der Waals surface area contributed by atoms with Crippen LogP contribution in [0, 0.1) is 17.1 Å². The van der Waals surface area contributed by atoms with Gasteiger partial charge in [0.2, 0.25) is 5.91 Å². The highest BCUT2D eigenvalue weighted by molar-refractivity contribution is 5.79. The number of carbonyl (C=O) groups excluding carboxylic acids is 1. The number of aromatic nitrogens is 5. The van der Waals surface area contributed by atoms with Gasteiger partial charge in [-0.3, -0.25) is 9.78 Å².